The molecule has 0 spiro atoms. The molecule has 0 saturated carbocycles. The molecule has 1 rings (SSSR count). The van der Waals surface area contributed by atoms with E-state index >= 15 is 0 Å². The maximum Gasteiger partial charge on any atom is 0.294 e. The van der Waals surface area contributed by atoms with Crippen molar-refractivity contribution < 1.29 is 9.53 Å². The first-order valence-corrected chi connectivity index (χ1v) is 7.69. The van der Waals surface area contributed by atoms with Crippen molar-refractivity contribution in [1.82, 2.24) is 10.4 Å². The van der Waals surface area contributed by atoms with Crippen LogP contribution >= 0.6 is 11.3 Å². The van der Waals surface area contributed by atoms with Crippen LogP contribution in [-0.4, -0.2) is 17.5 Å². The van der Waals surface area contributed by atoms with Crippen LogP contribution in [0.15, 0.2) is 5.38 Å². The Morgan fingerprint density at radius 1 is 1.37 bits per heavy atom. The zero-order chi connectivity index (χ0) is 13.9. The summed E-state index contributed by atoms with van der Waals surface area (Å²) in [7, 11) is 0. The van der Waals surface area contributed by atoms with Gasteiger partial charge in [0.25, 0.3) is 5.91 Å². The van der Waals surface area contributed by atoms with Gasteiger partial charge in [0, 0.05) is 12.0 Å². The van der Waals surface area contributed by atoms with Gasteiger partial charge in [0.1, 0.15) is 0 Å². The minimum Gasteiger partial charge on any atom is -0.375 e. The first kappa shape index (κ1) is 16.1. The zero-order valence-electron chi connectivity index (χ0n) is 11.5. The Bertz CT molecular complexity index is 369. The number of amides is 1. The van der Waals surface area contributed by atoms with E-state index in [1.54, 1.807) is 0 Å². The van der Waals surface area contributed by atoms with E-state index in [4.69, 9.17) is 10.6 Å². The number of carbonyl (C=O) groups excluding carboxylic acids is 1. The van der Waals surface area contributed by atoms with Gasteiger partial charge < -0.3 is 4.74 Å². The Morgan fingerprint density at radius 3 is 2.84 bits per heavy atom. The number of hydrogen-bond acceptors (Lipinski definition) is 5. The van der Waals surface area contributed by atoms with Crippen LogP contribution in [0, 0.1) is 0 Å². The molecule has 0 radical (unpaired) electrons. The predicted molar refractivity (Wildman–Crippen MR) is 76.8 cm³/mol. The maximum atomic E-state index is 11.2. The van der Waals surface area contributed by atoms with Crippen LogP contribution in [-0.2, 0) is 11.3 Å². The van der Waals surface area contributed by atoms with Gasteiger partial charge in [0.05, 0.1) is 12.3 Å². The van der Waals surface area contributed by atoms with Crippen molar-refractivity contribution in [3.63, 3.8) is 0 Å². The third-order valence-corrected chi connectivity index (χ3v) is 3.66. The summed E-state index contributed by atoms with van der Waals surface area (Å²) in [6, 6.07) is 0. The second-order valence-electron chi connectivity index (χ2n) is 4.44. The summed E-state index contributed by atoms with van der Waals surface area (Å²) in [5.41, 5.74) is 2.85. The Morgan fingerprint density at radius 2 is 2.11 bits per heavy atom. The normalized spacial score (nSPS) is 10.6. The SMILES string of the molecule is CCCCCCCCOCc1csc(C(=O)NN)n1. The molecule has 0 aliphatic carbocycles. The number of unbranched alkanes of at least 4 members (excludes halogenated alkanes) is 5. The Hall–Kier alpha value is -0.980. The molecule has 19 heavy (non-hydrogen) atoms. The van der Waals surface area contributed by atoms with Crippen LogP contribution < -0.4 is 11.3 Å². The molecule has 1 aromatic heterocycles. The largest absolute Gasteiger partial charge is 0.375 e. The van der Waals surface area contributed by atoms with Gasteiger partial charge >= 0.3 is 0 Å². The highest BCUT2D eigenvalue weighted by molar-refractivity contribution is 7.11. The molecule has 0 aromatic carbocycles. The number of nitrogens with zero attached hydrogens (tertiary/aromatic N) is 1. The molecule has 3 N–H and O–H groups in total. The molecule has 5 nitrogen and oxygen atoms in total. The average Bonchev–Trinajstić information content (AvgIpc) is 2.89. The van der Waals surface area contributed by atoms with Gasteiger partial charge in [-0.1, -0.05) is 39.0 Å². The first-order valence-electron chi connectivity index (χ1n) is 6.81. The van der Waals surface area contributed by atoms with E-state index in [0.29, 0.717) is 11.6 Å². The molecule has 0 unspecified atom stereocenters. The van der Waals surface area contributed by atoms with Crippen LogP contribution in [0.4, 0.5) is 0 Å². The monoisotopic (exact) mass is 285 g/mol. The van der Waals surface area contributed by atoms with Gasteiger partial charge in [-0.15, -0.1) is 11.3 Å². The fourth-order valence-corrected chi connectivity index (χ4v) is 2.40. The fourth-order valence-electron chi connectivity index (χ4n) is 1.70. The number of ether oxygens (including phenoxy) is 1. The number of thiazole rings is 1. The van der Waals surface area contributed by atoms with Gasteiger partial charge in [-0.25, -0.2) is 10.8 Å². The van der Waals surface area contributed by atoms with Crippen LogP contribution in [0.25, 0.3) is 0 Å². The lowest BCUT2D eigenvalue weighted by molar-refractivity contribution is 0.0951. The Kier molecular flexibility index (Phi) is 8.36. The summed E-state index contributed by atoms with van der Waals surface area (Å²) < 4.78 is 5.53. The molecular weight excluding hydrogens is 262 g/mol. The summed E-state index contributed by atoms with van der Waals surface area (Å²) in [5.74, 6) is 4.68. The van der Waals surface area contributed by atoms with Crippen molar-refractivity contribution in [1.29, 1.82) is 0 Å². The zero-order valence-corrected chi connectivity index (χ0v) is 12.3. The number of rotatable bonds is 10. The third kappa shape index (κ3) is 6.66. The van der Waals surface area contributed by atoms with E-state index < -0.39 is 0 Å². The molecule has 0 atom stereocenters. The number of hydrazine groups is 1. The maximum absolute atomic E-state index is 11.2. The molecule has 0 aliphatic heterocycles. The van der Waals surface area contributed by atoms with Crippen LogP contribution in [0.2, 0.25) is 0 Å². The number of carbonyl (C=O) groups is 1. The van der Waals surface area contributed by atoms with Crippen molar-refractivity contribution >= 4 is 17.2 Å². The Labute approximate surface area is 118 Å². The van der Waals surface area contributed by atoms with Gasteiger partial charge in [-0.2, -0.15) is 0 Å². The number of nitrogen functional groups attached to an aromatic ring is 1. The second-order valence-corrected chi connectivity index (χ2v) is 5.30. The minimum atomic E-state index is -0.354. The quantitative estimate of drug-likeness (QED) is 0.300. The fraction of sp³-hybridized carbons (Fsp3) is 0.692. The molecular formula is C13H23N3O2S. The highest BCUT2D eigenvalue weighted by Gasteiger charge is 2.09. The molecule has 0 aliphatic rings. The van der Waals surface area contributed by atoms with Crippen molar-refractivity contribution in [3.8, 4) is 0 Å². The minimum absolute atomic E-state index is 0.354. The van der Waals surface area contributed by atoms with Crippen LogP contribution in [0.5, 0.6) is 0 Å². The Balaban J connectivity index is 2.06. The molecule has 1 amide bonds. The molecule has 1 aromatic rings. The van der Waals surface area contributed by atoms with Crippen molar-refractivity contribution in [2.24, 2.45) is 5.84 Å². The van der Waals surface area contributed by atoms with Crippen LogP contribution in [0.1, 0.15) is 60.9 Å². The summed E-state index contributed by atoms with van der Waals surface area (Å²) >= 11 is 1.28. The number of nitrogens with two attached hydrogens (primary N) is 1. The van der Waals surface area contributed by atoms with E-state index in [9.17, 15) is 4.79 Å². The summed E-state index contributed by atoms with van der Waals surface area (Å²) in [5, 5.41) is 2.20. The van der Waals surface area contributed by atoms with Gasteiger partial charge in [0.15, 0.2) is 5.01 Å². The standard InChI is InChI=1S/C13H23N3O2S/c1-2-3-4-5-6-7-8-18-9-11-10-19-13(15-11)12(17)16-14/h10H,2-9,14H2,1H3,(H,16,17). The highest BCUT2D eigenvalue weighted by Crippen LogP contribution is 2.11. The molecule has 0 saturated heterocycles. The number of aromatic nitrogens is 1. The number of nitrogens with one attached hydrogen (secondary N) is 1. The van der Waals surface area contributed by atoms with E-state index in [1.165, 1.54) is 43.4 Å². The van der Waals surface area contributed by atoms with E-state index in [0.717, 1.165) is 18.7 Å². The van der Waals surface area contributed by atoms with E-state index in [1.807, 2.05) is 5.38 Å². The smallest absolute Gasteiger partial charge is 0.294 e. The lowest BCUT2D eigenvalue weighted by atomic mass is 10.1. The second kappa shape index (κ2) is 9.89. The van der Waals surface area contributed by atoms with Crippen molar-refractivity contribution in [3.05, 3.63) is 16.1 Å². The van der Waals surface area contributed by atoms with Gasteiger partial charge in [0.2, 0.25) is 0 Å². The number of hydrogen-bond donors (Lipinski definition) is 2. The summed E-state index contributed by atoms with van der Waals surface area (Å²) in [6.07, 6.45) is 7.52. The molecule has 6 heteroatoms. The topological polar surface area (TPSA) is 77.2 Å². The van der Waals surface area contributed by atoms with E-state index in [-0.39, 0.29) is 5.91 Å². The third-order valence-electron chi connectivity index (χ3n) is 2.77. The molecule has 108 valence electrons. The first-order chi connectivity index (χ1) is 9.27. The predicted octanol–water partition coefficient (Wildman–Crippen LogP) is 2.62. The van der Waals surface area contributed by atoms with Crippen LogP contribution in [0.3, 0.4) is 0 Å². The lowest BCUT2D eigenvalue weighted by Gasteiger charge is -2.02. The van der Waals surface area contributed by atoms with Gasteiger partial charge in [-0.05, 0) is 6.42 Å². The van der Waals surface area contributed by atoms with Crippen molar-refractivity contribution in [2.75, 3.05) is 6.61 Å². The van der Waals surface area contributed by atoms with Crippen molar-refractivity contribution in [2.45, 2.75) is 52.1 Å². The molecule has 0 fully saturated rings. The average molecular weight is 285 g/mol. The van der Waals surface area contributed by atoms with Gasteiger partial charge in [-0.3, -0.25) is 10.2 Å². The lowest BCUT2D eigenvalue weighted by Crippen LogP contribution is -2.29. The highest BCUT2D eigenvalue weighted by atomic mass is 32.1. The molecule has 0 bridgehead atoms. The summed E-state index contributed by atoms with van der Waals surface area (Å²) in [6.45, 7) is 3.43. The molecule has 1 heterocycles. The van der Waals surface area contributed by atoms with E-state index in [2.05, 4.69) is 17.3 Å². The summed E-state index contributed by atoms with van der Waals surface area (Å²) in [4.78, 5) is 15.3.